The summed E-state index contributed by atoms with van der Waals surface area (Å²) in [6, 6.07) is 1.01. The minimum Gasteiger partial charge on any atom is -0.398 e. The molecule has 4 N–H and O–H groups in total. The largest absolute Gasteiger partial charge is 0.418 e. The van der Waals surface area contributed by atoms with Crippen LogP contribution in [-0.2, 0) is 16.2 Å². The third-order valence-corrected chi connectivity index (χ3v) is 3.09. The van der Waals surface area contributed by atoms with Crippen molar-refractivity contribution in [3.05, 3.63) is 22.7 Å². The normalized spacial score (nSPS) is 12.8. The lowest BCUT2D eigenvalue weighted by atomic mass is 10.2. The van der Waals surface area contributed by atoms with E-state index in [2.05, 4.69) is 0 Å². The second kappa shape index (κ2) is 3.79. The van der Waals surface area contributed by atoms with Crippen LogP contribution in [0.1, 0.15) is 5.56 Å². The van der Waals surface area contributed by atoms with Gasteiger partial charge in [-0.15, -0.1) is 0 Å². The van der Waals surface area contributed by atoms with Gasteiger partial charge in [0.2, 0.25) is 10.0 Å². The number of nitrogens with two attached hydrogens (primary N) is 2. The van der Waals surface area contributed by atoms with Gasteiger partial charge in [-0.25, -0.2) is 13.6 Å². The number of anilines is 1. The molecule has 1 aromatic carbocycles. The van der Waals surface area contributed by atoms with Crippen molar-refractivity contribution in [1.82, 2.24) is 0 Å². The van der Waals surface area contributed by atoms with Crippen molar-refractivity contribution in [2.24, 2.45) is 5.14 Å². The summed E-state index contributed by atoms with van der Waals surface area (Å²) in [5, 5.41) is 4.12. The molecule has 1 aromatic rings. The molecule has 0 fully saturated rings. The van der Waals surface area contributed by atoms with Crippen LogP contribution in [-0.4, -0.2) is 8.42 Å². The third-order valence-electron chi connectivity index (χ3n) is 1.72. The molecule has 0 bridgehead atoms. The predicted molar refractivity (Wildman–Crippen MR) is 52.2 cm³/mol. The predicted octanol–water partition coefficient (Wildman–Crippen LogP) is 1.59. The Hall–Kier alpha value is -0.990. The molecular weight excluding hydrogens is 269 g/mol. The summed E-state index contributed by atoms with van der Waals surface area (Å²) in [7, 11) is -4.20. The van der Waals surface area contributed by atoms with Crippen molar-refractivity contribution >= 4 is 27.3 Å². The number of hydrogen-bond donors (Lipinski definition) is 2. The summed E-state index contributed by atoms with van der Waals surface area (Å²) >= 11 is 5.38. The van der Waals surface area contributed by atoms with Gasteiger partial charge in [-0.05, 0) is 12.1 Å². The van der Waals surface area contributed by atoms with E-state index in [0.29, 0.717) is 12.1 Å². The van der Waals surface area contributed by atoms with E-state index in [1.54, 1.807) is 0 Å². The molecule has 0 spiro atoms. The Balaban J connectivity index is 3.52. The Morgan fingerprint density at radius 3 is 2.12 bits per heavy atom. The molecule has 0 aliphatic rings. The van der Waals surface area contributed by atoms with Crippen molar-refractivity contribution in [3.8, 4) is 0 Å². The Kier molecular flexibility index (Phi) is 3.10. The maximum atomic E-state index is 12.3. The van der Waals surface area contributed by atoms with Crippen molar-refractivity contribution in [2.45, 2.75) is 11.1 Å². The molecule has 90 valence electrons. The van der Waals surface area contributed by atoms with E-state index in [1.165, 1.54) is 0 Å². The SMILES string of the molecule is Nc1cc(S(N)(=O)=O)c(Cl)cc1C(F)(F)F. The highest BCUT2D eigenvalue weighted by atomic mass is 35.5. The van der Waals surface area contributed by atoms with Gasteiger partial charge in [0.05, 0.1) is 10.6 Å². The van der Waals surface area contributed by atoms with Crippen LogP contribution in [0.25, 0.3) is 0 Å². The summed E-state index contributed by atoms with van der Waals surface area (Å²) in [6.07, 6.45) is -4.70. The molecule has 16 heavy (non-hydrogen) atoms. The lowest BCUT2D eigenvalue weighted by Crippen LogP contribution is -2.15. The van der Waals surface area contributed by atoms with Gasteiger partial charge in [0, 0.05) is 5.69 Å². The van der Waals surface area contributed by atoms with Crippen LogP contribution in [0.4, 0.5) is 18.9 Å². The molecule has 1 rings (SSSR count). The standard InChI is InChI=1S/C7H6ClF3N2O2S/c8-4-1-3(7(9,10)11)5(12)2-6(4)16(13,14)15/h1-2H,12H2,(H2,13,14,15). The molecule has 0 aromatic heterocycles. The van der Waals surface area contributed by atoms with Crippen LogP contribution in [0.3, 0.4) is 0 Å². The highest BCUT2D eigenvalue weighted by Crippen LogP contribution is 2.37. The maximum Gasteiger partial charge on any atom is 0.418 e. The lowest BCUT2D eigenvalue weighted by molar-refractivity contribution is -0.136. The fourth-order valence-corrected chi connectivity index (χ4v) is 2.14. The van der Waals surface area contributed by atoms with Crippen LogP contribution >= 0.6 is 11.6 Å². The van der Waals surface area contributed by atoms with Gasteiger partial charge in [-0.3, -0.25) is 0 Å². The maximum absolute atomic E-state index is 12.3. The molecule has 0 heterocycles. The second-order valence-electron chi connectivity index (χ2n) is 2.91. The van der Waals surface area contributed by atoms with Crippen molar-refractivity contribution in [1.29, 1.82) is 0 Å². The number of nitrogen functional groups attached to an aromatic ring is 1. The van der Waals surface area contributed by atoms with E-state index in [-0.39, 0.29) is 0 Å². The van der Waals surface area contributed by atoms with Crippen LogP contribution in [0.15, 0.2) is 17.0 Å². The van der Waals surface area contributed by atoms with E-state index < -0.39 is 37.4 Å². The number of rotatable bonds is 1. The van der Waals surface area contributed by atoms with Crippen molar-refractivity contribution in [3.63, 3.8) is 0 Å². The third kappa shape index (κ3) is 2.57. The Labute approximate surface area is 94.0 Å². The number of hydrogen-bond acceptors (Lipinski definition) is 3. The minimum atomic E-state index is -4.70. The molecule has 0 aliphatic carbocycles. The molecule has 0 saturated heterocycles. The summed E-state index contributed by atoms with van der Waals surface area (Å²) in [5.74, 6) is 0. The van der Waals surface area contributed by atoms with E-state index in [9.17, 15) is 21.6 Å². The van der Waals surface area contributed by atoms with Gasteiger partial charge >= 0.3 is 6.18 Å². The molecule has 0 unspecified atom stereocenters. The van der Waals surface area contributed by atoms with E-state index in [1.807, 2.05) is 0 Å². The van der Waals surface area contributed by atoms with Crippen LogP contribution in [0.5, 0.6) is 0 Å². The van der Waals surface area contributed by atoms with Gasteiger partial charge in [0.15, 0.2) is 0 Å². The first-order chi connectivity index (χ1) is 7.03. The fourth-order valence-electron chi connectivity index (χ4n) is 1.03. The van der Waals surface area contributed by atoms with Crippen LogP contribution in [0.2, 0.25) is 5.02 Å². The monoisotopic (exact) mass is 274 g/mol. The first kappa shape index (κ1) is 13.1. The molecular formula is C7H6ClF3N2O2S. The fraction of sp³-hybridized carbons (Fsp3) is 0.143. The van der Waals surface area contributed by atoms with Gasteiger partial charge in [0.25, 0.3) is 0 Å². The van der Waals surface area contributed by atoms with Crippen molar-refractivity contribution in [2.75, 3.05) is 5.73 Å². The summed E-state index contributed by atoms with van der Waals surface area (Å²) in [4.78, 5) is -0.639. The molecule has 0 radical (unpaired) electrons. The highest BCUT2D eigenvalue weighted by Gasteiger charge is 2.34. The molecule has 4 nitrogen and oxygen atoms in total. The second-order valence-corrected chi connectivity index (χ2v) is 4.85. The van der Waals surface area contributed by atoms with Gasteiger partial charge in [-0.2, -0.15) is 13.2 Å². The van der Waals surface area contributed by atoms with Gasteiger partial charge < -0.3 is 5.73 Å². The average Bonchev–Trinajstić information content (AvgIpc) is 2.04. The first-order valence-electron chi connectivity index (χ1n) is 3.72. The highest BCUT2D eigenvalue weighted by molar-refractivity contribution is 7.89. The quantitative estimate of drug-likeness (QED) is 0.763. The molecule has 0 amide bonds. The van der Waals surface area contributed by atoms with E-state index in [4.69, 9.17) is 22.5 Å². The van der Waals surface area contributed by atoms with Crippen molar-refractivity contribution < 1.29 is 21.6 Å². The minimum absolute atomic E-state index is 0.427. The topological polar surface area (TPSA) is 86.2 Å². The summed E-state index contributed by atoms with van der Waals surface area (Å²) in [5.41, 5.74) is 3.12. The Morgan fingerprint density at radius 1 is 1.25 bits per heavy atom. The molecule has 0 aliphatic heterocycles. The number of halogens is 4. The summed E-state index contributed by atoms with van der Waals surface area (Å²) < 4.78 is 58.9. The van der Waals surface area contributed by atoms with E-state index in [0.717, 1.165) is 0 Å². The van der Waals surface area contributed by atoms with Gasteiger partial charge in [0.1, 0.15) is 4.90 Å². The Morgan fingerprint density at radius 2 is 1.75 bits per heavy atom. The average molecular weight is 275 g/mol. The Bertz CT molecular complexity index is 527. The zero-order chi connectivity index (χ0) is 12.7. The zero-order valence-electron chi connectivity index (χ0n) is 7.55. The number of primary sulfonamides is 1. The molecule has 0 atom stereocenters. The lowest BCUT2D eigenvalue weighted by Gasteiger charge is -2.12. The number of benzene rings is 1. The molecule has 9 heteroatoms. The number of alkyl halides is 3. The summed E-state index contributed by atoms with van der Waals surface area (Å²) in [6.45, 7) is 0. The molecule has 0 saturated carbocycles. The van der Waals surface area contributed by atoms with Crippen LogP contribution in [0, 0.1) is 0 Å². The van der Waals surface area contributed by atoms with Gasteiger partial charge in [-0.1, -0.05) is 11.6 Å². The smallest absolute Gasteiger partial charge is 0.398 e. The van der Waals surface area contributed by atoms with E-state index >= 15 is 0 Å². The van der Waals surface area contributed by atoms with Crippen LogP contribution < -0.4 is 10.9 Å². The number of sulfonamides is 1. The zero-order valence-corrected chi connectivity index (χ0v) is 9.12. The first-order valence-corrected chi connectivity index (χ1v) is 5.65.